The third kappa shape index (κ3) is 8.35. The summed E-state index contributed by atoms with van der Waals surface area (Å²) in [4.78, 5) is 12.8. The summed E-state index contributed by atoms with van der Waals surface area (Å²) in [6.07, 6.45) is 1.88. The summed E-state index contributed by atoms with van der Waals surface area (Å²) < 4.78 is 18.3. The number of hydrogen-bond donors (Lipinski definition) is 1. The van der Waals surface area contributed by atoms with Crippen molar-refractivity contribution in [3.63, 3.8) is 0 Å². The molecule has 1 atom stereocenters. The molecule has 42 heavy (non-hydrogen) atoms. The van der Waals surface area contributed by atoms with Crippen molar-refractivity contribution in [3.05, 3.63) is 96.0 Å². The van der Waals surface area contributed by atoms with Crippen molar-refractivity contribution >= 4 is 24.7 Å². The zero-order valence-electron chi connectivity index (χ0n) is 26.3. The number of ether oxygens (including phenoxy) is 1. The first-order chi connectivity index (χ1) is 19.8. The minimum Gasteiger partial charge on any atom is -0.463 e. The van der Waals surface area contributed by atoms with Gasteiger partial charge in [0.2, 0.25) is 0 Å². The Bertz CT molecular complexity index is 1340. The van der Waals surface area contributed by atoms with Crippen LogP contribution in [0.4, 0.5) is 0 Å². The van der Waals surface area contributed by atoms with E-state index in [1.165, 1.54) is 10.4 Å². The topological polar surface area (TPSA) is 68.9 Å². The zero-order chi connectivity index (χ0) is 31.0. The second-order valence-electron chi connectivity index (χ2n) is 12.8. The molecule has 224 valence electrons. The third-order valence-electron chi connectivity index (χ3n) is 7.28. The SMILES string of the molecule is C=C(C)C(CCC#CCO[Si](c1ccccc1)(c1ccccc1)C(C)(C)C)Cc1oc(CO)cc1C(=O)OC(C)(C)C. The summed E-state index contributed by atoms with van der Waals surface area (Å²) in [6.45, 7) is 18.5. The maximum atomic E-state index is 12.8. The fourth-order valence-corrected chi connectivity index (χ4v) is 9.70. The molecule has 1 unspecified atom stereocenters. The predicted octanol–water partition coefficient (Wildman–Crippen LogP) is 6.82. The number of furan rings is 1. The lowest BCUT2D eigenvalue weighted by atomic mass is 9.91. The molecule has 1 aromatic heterocycles. The Morgan fingerprint density at radius 1 is 0.976 bits per heavy atom. The van der Waals surface area contributed by atoms with Crippen molar-refractivity contribution in [3.8, 4) is 11.8 Å². The van der Waals surface area contributed by atoms with Crippen LogP contribution in [0.25, 0.3) is 0 Å². The van der Waals surface area contributed by atoms with Gasteiger partial charge < -0.3 is 18.7 Å². The van der Waals surface area contributed by atoms with E-state index in [1.54, 1.807) is 6.07 Å². The molecule has 0 aliphatic rings. The summed E-state index contributed by atoms with van der Waals surface area (Å²) in [5.74, 6) is 7.03. The minimum atomic E-state index is -2.63. The zero-order valence-corrected chi connectivity index (χ0v) is 27.3. The number of rotatable bonds is 11. The fourth-order valence-electron chi connectivity index (χ4n) is 5.26. The number of hydrogen-bond acceptors (Lipinski definition) is 5. The number of carbonyl (C=O) groups is 1. The highest BCUT2D eigenvalue weighted by atomic mass is 28.4. The van der Waals surface area contributed by atoms with Gasteiger partial charge in [0, 0.05) is 12.8 Å². The number of esters is 1. The van der Waals surface area contributed by atoms with Crippen molar-refractivity contribution in [2.45, 2.75) is 85.0 Å². The van der Waals surface area contributed by atoms with Crippen LogP contribution in [-0.2, 0) is 22.2 Å². The van der Waals surface area contributed by atoms with E-state index in [0.29, 0.717) is 36.5 Å². The summed E-state index contributed by atoms with van der Waals surface area (Å²) in [5, 5.41) is 12.0. The fraction of sp³-hybridized carbons (Fsp3) is 0.417. The smallest absolute Gasteiger partial charge is 0.342 e. The maximum absolute atomic E-state index is 12.8. The standard InChI is InChI=1S/C36H46O5Si/c1-27(2)28(24-33-32(25-29(26-37)40-33)34(38)41-35(3,4)5)18-12-11-17-23-39-42(36(6,7)8,30-19-13-9-14-20-30)31-21-15-10-16-22-31/h9-10,13-16,19-22,25,28,37H,1,12,18,23-24,26H2,2-8H3. The van der Waals surface area contributed by atoms with E-state index in [2.05, 4.69) is 87.7 Å². The van der Waals surface area contributed by atoms with Crippen molar-refractivity contribution in [1.82, 2.24) is 0 Å². The second kappa shape index (κ2) is 14.2. The Morgan fingerprint density at radius 3 is 2.02 bits per heavy atom. The Hall–Kier alpha value is -3.37. The Balaban J connectivity index is 1.74. The van der Waals surface area contributed by atoms with Gasteiger partial charge in [-0.25, -0.2) is 4.79 Å². The van der Waals surface area contributed by atoms with Crippen LogP contribution in [0.1, 0.15) is 83.2 Å². The van der Waals surface area contributed by atoms with Gasteiger partial charge >= 0.3 is 5.97 Å². The second-order valence-corrected chi connectivity index (χ2v) is 17.1. The van der Waals surface area contributed by atoms with Crippen molar-refractivity contribution in [1.29, 1.82) is 0 Å². The van der Waals surface area contributed by atoms with Crippen LogP contribution in [0.15, 0.2) is 83.3 Å². The van der Waals surface area contributed by atoms with E-state index >= 15 is 0 Å². The molecular formula is C36H46O5Si. The minimum absolute atomic E-state index is 0.0516. The predicted molar refractivity (Wildman–Crippen MR) is 172 cm³/mol. The lowest BCUT2D eigenvalue weighted by Gasteiger charge is -2.42. The van der Waals surface area contributed by atoms with E-state index in [-0.39, 0.29) is 17.6 Å². The summed E-state index contributed by atoms with van der Waals surface area (Å²) in [7, 11) is -2.63. The van der Waals surface area contributed by atoms with Crippen LogP contribution in [0, 0.1) is 17.8 Å². The molecule has 3 aromatic rings. The molecule has 0 bridgehead atoms. The van der Waals surface area contributed by atoms with E-state index < -0.39 is 19.9 Å². The summed E-state index contributed by atoms with van der Waals surface area (Å²) >= 11 is 0. The van der Waals surface area contributed by atoms with Crippen LogP contribution >= 0.6 is 0 Å². The number of carbonyl (C=O) groups excluding carboxylic acids is 1. The lowest BCUT2D eigenvalue weighted by Crippen LogP contribution is -2.66. The van der Waals surface area contributed by atoms with Crippen LogP contribution < -0.4 is 10.4 Å². The Morgan fingerprint density at radius 2 is 1.55 bits per heavy atom. The number of aliphatic hydroxyl groups is 1. The summed E-state index contributed by atoms with van der Waals surface area (Å²) in [6, 6.07) is 22.7. The average Bonchev–Trinajstić information content (AvgIpc) is 3.34. The van der Waals surface area contributed by atoms with E-state index in [4.69, 9.17) is 13.6 Å². The molecule has 1 N–H and O–H groups in total. The molecule has 0 aliphatic carbocycles. The highest BCUT2D eigenvalue weighted by Gasteiger charge is 2.50. The van der Waals surface area contributed by atoms with Crippen LogP contribution in [-0.4, -0.2) is 31.6 Å². The molecule has 2 aromatic carbocycles. The molecular weight excluding hydrogens is 540 g/mol. The van der Waals surface area contributed by atoms with Crippen LogP contribution in [0.5, 0.6) is 0 Å². The maximum Gasteiger partial charge on any atom is 0.342 e. The van der Waals surface area contributed by atoms with Gasteiger partial charge in [-0.3, -0.25) is 0 Å². The number of allylic oxidation sites excluding steroid dienone is 1. The van der Waals surface area contributed by atoms with Gasteiger partial charge in [0.25, 0.3) is 8.32 Å². The van der Waals surface area contributed by atoms with Gasteiger partial charge in [-0.1, -0.05) is 99.5 Å². The quantitative estimate of drug-likeness (QED) is 0.116. The highest BCUT2D eigenvalue weighted by molar-refractivity contribution is 6.99. The molecule has 1 heterocycles. The van der Waals surface area contributed by atoms with Gasteiger partial charge in [0.1, 0.15) is 29.3 Å². The molecule has 0 radical (unpaired) electrons. The van der Waals surface area contributed by atoms with Gasteiger partial charge in [0.05, 0.1) is 6.61 Å². The number of aliphatic hydroxyl groups excluding tert-OH is 1. The molecule has 3 rings (SSSR count). The van der Waals surface area contributed by atoms with Crippen molar-refractivity contribution < 1.29 is 23.5 Å². The molecule has 0 saturated carbocycles. The number of benzene rings is 2. The van der Waals surface area contributed by atoms with Crippen LogP contribution in [0.3, 0.4) is 0 Å². The van der Waals surface area contributed by atoms with E-state index in [0.717, 1.165) is 12.0 Å². The molecule has 0 spiro atoms. The van der Waals surface area contributed by atoms with Gasteiger partial charge in [-0.2, -0.15) is 0 Å². The first kappa shape index (κ1) is 33.1. The highest BCUT2D eigenvalue weighted by Crippen LogP contribution is 2.36. The normalized spacial score (nSPS) is 12.8. The van der Waals surface area contributed by atoms with Gasteiger partial charge in [-0.05, 0) is 61.5 Å². The molecule has 0 amide bonds. The van der Waals surface area contributed by atoms with Crippen molar-refractivity contribution in [2.75, 3.05) is 6.61 Å². The van der Waals surface area contributed by atoms with Crippen LogP contribution in [0.2, 0.25) is 5.04 Å². The first-order valence-corrected chi connectivity index (χ1v) is 16.5. The average molecular weight is 587 g/mol. The molecule has 6 heteroatoms. The van der Waals surface area contributed by atoms with Gasteiger partial charge in [-0.15, -0.1) is 5.92 Å². The molecule has 0 fully saturated rings. The monoisotopic (exact) mass is 586 g/mol. The first-order valence-electron chi connectivity index (χ1n) is 14.6. The van der Waals surface area contributed by atoms with E-state index in [9.17, 15) is 9.90 Å². The van der Waals surface area contributed by atoms with Crippen molar-refractivity contribution in [2.24, 2.45) is 5.92 Å². The Kier molecular flexibility index (Phi) is 11.2. The van der Waals surface area contributed by atoms with E-state index in [1.807, 2.05) is 39.8 Å². The largest absolute Gasteiger partial charge is 0.463 e. The summed E-state index contributed by atoms with van der Waals surface area (Å²) in [5.41, 5.74) is 0.702. The molecule has 0 saturated heterocycles. The molecule has 5 nitrogen and oxygen atoms in total. The van der Waals surface area contributed by atoms with Gasteiger partial charge in [0.15, 0.2) is 0 Å². The Labute approximate surface area is 253 Å². The third-order valence-corrected chi connectivity index (χ3v) is 12.3. The lowest BCUT2D eigenvalue weighted by molar-refractivity contribution is 0.00669. The molecule has 0 aliphatic heterocycles.